The van der Waals surface area contributed by atoms with E-state index in [0.717, 1.165) is 30.2 Å². The van der Waals surface area contributed by atoms with Gasteiger partial charge in [-0.15, -0.1) is 0 Å². The molecule has 0 aromatic heterocycles. The summed E-state index contributed by atoms with van der Waals surface area (Å²) in [5, 5.41) is 0. The number of nitrogens with zero attached hydrogens (tertiary/aromatic N) is 3. The summed E-state index contributed by atoms with van der Waals surface area (Å²) < 4.78 is 31.8. The second-order valence-corrected chi connectivity index (χ2v) is 11.0. The number of hydrogen-bond acceptors (Lipinski definition) is 7. The van der Waals surface area contributed by atoms with E-state index >= 15 is 0 Å². The molecule has 2 aliphatic rings. The van der Waals surface area contributed by atoms with E-state index in [4.69, 9.17) is 4.74 Å². The number of carbonyl (C=O) groups is 3. The molecular formula is C25H29N3O6S. The molecular weight excluding hydrogens is 470 g/mol. The van der Waals surface area contributed by atoms with Gasteiger partial charge in [0.1, 0.15) is 0 Å². The van der Waals surface area contributed by atoms with Crippen LogP contribution in [0.3, 0.4) is 0 Å². The third-order valence-corrected chi connectivity index (χ3v) is 8.11. The van der Waals surface area contributed by atoms with Crippen molar-refractivity contribution in [3.8, 4) is 0 Å². The van der Waals surface area contributed by atoms with Gasteiger partial charge in [-0.2, -0.15) is 0 Å². The molecule has 0 atom stereocenters. The summed E-state index contributed by atoms with van der Waals surface area (Å²) in [5.41, 5.74) is 1.70. The zero-order valence-electron chi connectivity index (χ0n) is 19.9. The van der Waals surface area contributed by atoms with Crippen molar-refractivity contribution in [3.63, 3.8) is 0 Å². The molecule has 186 valence electrons. The maximum atomic E-state index is 13.0. The van der Waals surface area contributed by atoms with Crippen molar-refractivity contribution in [2.45, 2.75) is 30.6 Å². The molecule has 10 heteroatoms. The fraction of sp³-hybridized carbons (Fsp3) is 0.400. The highest BCUT2D eigenvalue weighted by molar-refractivity contribution is 7.89. The maximum absolute atomic E-state index is 13.0. The van der Waals surface area contributed by atoms with Gasteiger partial charge in [0.2, 0.25) is 10.0 Å². The van der Waals surface area contributed by atoms with Crippen LogP contribution < -0.4 is 4.90 Å². The Balaban J connectivity index is 1.38. The van der Waals surface area contributed by atoms with Crippen molar-refractivity contribution in [2.75, 3.05) is 45.2 Å². The van der Waals surface area contributed by atoms with Gasteiger partial charge in [-0.3, -0.25) is 14.5 Å². The first kappa shape index (κ1) is 24.9. The SMILES string of the molecule is CN(C)S(=O)(=O)c1ccc(N2CCCC2)c(C(=O)OCCCCN2C(=O)c3ccccc3C2=O)c1. The Hall–Kier alpha value is -3.24. The van der Waals surface area contributed by atoms with E-state index in [0.29, 0.717) is 29.7 Å². The van der Waals surface area contributed by atoms with Crippen molar-refractivity contribution >= 4 is 33.5 Å². The van der Waals surface area contributed by atoms with Gasteiger partial charge in [-0.25, -0.2) is 17.5 Å². The third kappa shape index (κ3) is 4.94. The van der Waals surface area contributed by atoms with Crippen molar-refractivity contribution in [1.29, 1.82) is 0 Å². The van der Waals surface area contributed by atoms with Crippen LogP contribution in [0.4, 0.5) is 5.69 Å². The lowest BCUT2D eigenvalue weighted by atomic mass is 10.1. The number of imide groups is 1. The average molecular weight is 500 g/mol. The third-order valence-electron chi connectivity index (χ3n) is 6.30. The molecule has 1 fully saturated rings. The first-order valence-electron chi connectivity index (χ1n) is 11.7. The Bertz CT molecular complexity index is 1220. The van der Waals surface area contributed by atoms with E-state index < -0.39 is 16.0 Å². The Kier molecular flexibility index (Phi) is 7.23. The lowest BCUT2D eigenvalue weighted by molar-refractivity contribution is 0.0486. The van der Waals surface area contributed by atoms with Crippen LogP contribution in [0, 0.1) is 0 Å². The molecule has 0 aliphatic carbocycles. The molecule has 0 unspecified atom stereocenters. The standard InChI is InChI=1S/C25H29N3O6S/c1-26(2)35(32,33)18-11-12-22(27-13-5-6-14-27)21(17-18)25(31)34-16-8-7-15-28-23(29)19-9-3-4-10-20(19)24(28)30/h3-4,9-12,17H,5-8,13-16H2,1-2H3. The number of carbonyl (C=O) groups excluding carboxylic acids is 3. The average Bonchev–Trinajstić information content (AvgIpc) is 3.47. The van der Waals surface area contributed by atoms with Gasteiger partial charge in [-0.1, -0.05) is 12.1 Å². The van der Waals surface area contributed by atoms with Crippen molar-refractivity contribution in [3.05, 3.63) is 59.2 Å². The lowest BCUT2D eigenvalue weighted by Gasteiger charge is -2.22. The zero-order chi connectivity index (χ0) is 25.2. The minimum Gasteiger partial charge on any atom is -0.462 e. The van der Waals surface area contributed by atoms with E-state index in [1.54, 1.807) is 30.3 Å². The summed E-state index contributed by atoms with van der Waals surface area (Å²) >= 11 is 0. The number of rotatable bonds is 9. The number of esters is 1. The second-order valence-electron chi connectivity index (χ2n) is 8.81. The number of fused-ring (bicyclic) bond motifs is 1. The van der Waals surface area contributed by atoms with Crippen molar-refractivity contribution < 1.29 is 27.5 Å². The number of amides is 2. The topological polar surface area (TPSA) is 104 Å². The molecule has 2 amide bonds. The predicted octanol–water partition coefficient (Wildman–Crippen LogP) is 2.77. The first-order valence-corrected chi connectivity index (χ1v) is 13.1. The highest BCUT2D eigenvalue weighted by Gasteiger charge is 2.34. The summed E-state index contributed by atoms with van der Waals surface area (Å²) in [4.78, 5) is 41.2. The number of unbranched alkanes of at least 4 members (excludes halogenated alkanes) is 1. The van der Waals surface area contributed by atoms with E-state index in [1.807, 2.05) is 0 Å². The molecule has 1 saturated heterocycles. The zero-order valence-corrected chi connectivity index (χ0v) is 20.7. The largest absolute Gasteiger partial charge is 0.462 e. The van der Waals surface area contributed by atoms with Crippen LogP contribution in [-0.2, 0) is 14.8 Å². The quantitative estimate of drug-likeness (QED) is 0.297. The monoisotopic (exact) mass is 499 g/mol. The van der Waals surface area contributed by atoms with E-state index in [2.05, 4.69) is 4.90 Å². The van der Waals surface area contributed by atoms with Gasteiger partial charge >= 0.3 is 5.97 Å². The predicted molar refractivity (Wildman–Crippen MR) is 130 cm³/mol. The molecule has 2 aromatic rings. The van der Waals surface area contributed by atoms with Gasteiger partial charge in [0.05, 0.1) is 33.9 Å². The molecule has 0 saturated carbocycles. The summed E-state index contributed by atoms with van der Waals surface area (Å²) in [7, 11) is -0.826. The van der Waals surface area contributed by atoms with Crippen LogP contribution in [0.25, 0.3) is 0 Å². The lowest BCUT2D eigenvalue weighted by Crippen LogP contribution is -2.30. The summed E-state index contributed by atoms with van der Waals surface area (Å²) in [6.45, 7) is 1.91. The Morgan fingerprint density at radius 1 is 0.971 bits per heavy atom. The summed E-state index contributed by atoms with van der Waals surface area (Å²) in [6, 6.07) is 11.3. The van der Waals surface area contributed by atoms with E-state index in [1.165, 1.54) is 31.1 Å². The smallest absolute Gasteiger partial charge is 0.340 e. The van der Waals surface area contributed by atoms with Crippen molar-refractivity contribution in [1.82, 2.24) is 9.21 Å². The first-order chi connectivity index (χ1) is 16.7. The fourth-order valence-electron chi connectivity index (χ4n) is 4.34. The molecule has 4 rings (SSSR count). The van der Waals surface area contributed by atoms with Gasteiger partial charge < -0.3 is 9.64 Å². The molecule has 0 bridgehead atoms. The number of sulfonamides is 1. The van der Waals surface area contributed by atoms with Crippen LogP contribution in [0.1, 0.15) is 56.8 Å². The minimum absolute atomic E-state index is 0.0306. The van der Waals surface area contributed by atoms with Crippen LogP contribution in [0.5, 0.6) is 0 Å². The molecule has 2 heterocycles. The Labute approximate surface area is 205 Å². The maximum Gasteiger partial charge on any atom is 0.340 e. The number of hydrogen-bond donors (Lipinski definition) is 0. The second kappa shape index (κ2) is 10.2. The Morgan fingerprint density at radius 3 is 2.20 bits per heavy atom. The van der Waals surface area contributed by atoms with Crippen LogP contribution in [0.2, 0.25) is 0 Å². The highest BCUT2D eigenvalue weighted by atomic mass is 32.2. The van der Waals surface area contributed by atoms with Gasteiger partial charge in [0.25, 0.3) is 11.8 Å². The van der Waals surface area contributed by atoms with Gasteiger partial charge in [0, 0.05) is 33.7 Å². The van der Waals surface area contributed by atoms with Crippen molar-refractivity contribution in [2.24, 2.45) is 0 Å². The highest BCUT2D eigenvalue weighted by Crippen LogP contribution is 2.29. The molecule has 0 N–H and O–H groups in total. The molecule has 2 aromatic carbocycles. The normalized spacial score (nSPS) is 15.7. The number of ether oxygens (including phenoxy) is 1. The number of anilines is 1. The van der Waals surface area contributed by atoms with Crippen LogP contribution in [-0.4, -0.2) is 75.7 Å². The minimum atomic E-state index is -3.71. The number of benzene rings is 2. The molecule has 0 radical (unpaired) electrons. The molecule has 2 aliphatic heterocycles. The van der Waals surface area contributed by atoms with Gasteiger partial charge in [-0.05, 0) is 56.0 Å². The van der Waals surface area contributed by atoms with E-state index in [-0.39, 0.29) is 35.4 Å². The molecule has 0 spiro atoms. The summed E-state index contributed by atoms with van der Waals surface area (Å²) in [5.74, 6) is -1.21. The Morgan fingerprint density at radius 2 is 1.60 bits per heavy atom. The van der Waals surface area contributed by atoms with Crippen LogP contribution in [0.15, 0.2) is 47.4 Å². The molecule has 9 nitrogen and oxygen atoms in total. The van der Waals surface area contributed by atoms with Crippen LogP contribution >= 0.6 is 0 Å². The fourth-order valence-corrected chi connectivity index (χ4v) is 5.27. The van der Waals surface area contributed by atoms with E-state index in [9.17, 15) is 22.8 Å². The molecule has 35 heavy (non-hydrogen) atoms. The van der Waals surface area contributed by atoms with Gasteiger partial charge in [0.15, 0.2) is 0 Å². The summed E-state index contributed by atoms with van der Waals surface area (Å²) in [6.07, 6.45) is 2.94.